The summed E-state index contributed by atoms with van der Waals surface area (Å²) < 4.78 is 45.3. The number of ether oxygens (including phenoxy) is 2. The average Bonchev–Trinajstić information content (AvgIpc) is 2.33. The third-order valence-electron chi connectivity index (χ3n) is 2.24. The standard InChI is InChI=1S/C13H9ClF3NO2/c14-11-7-10(20-13(15,16)17)5-6-12(11)19-9-3-1-8(18)2-4-9/h1-7H,18H2. The van der Waals surface area contributed by atoms with Gasteiger partial charge in [-0.15, -0.1) is 13.2 Å². The van der Waals surface area contributed by atoms with Crippen molar-refractivity contribution < 1.29 is 22.6 Å². The minimum atomic E-state index is -4.76. The quantitative estimate of drug-likeness (QED) is 0.842. The van der Waals surface area contributed by atoms with Crippen LogP contribution in [0.3, 0.4) is 0 Å². The molecule has 0 atom stereocenters. The van der Waals surface area contributed by atoms with E-state index in [2.05, 4.69) is 4.74 Å². The highest BCUT2D eigenvalue weighted by Crippen LogP contribution is 2.34. The maximum Gasteiger partial charge on any atom is 0.573 e. The zero-order chi connectivity index (χ0) is 14.8. The maximum atomic E-state index is 12.0. The third kappa shape index (κ3) is 3.96. The fraction of sp³-hybridized carbons (Fsp3) is 0.0769. The molecule has 0 unspecified atom stereocenters. The fourth-order valence-electron chi connectivity index (χ4n) is 1.42. The lowest BCUT2D eigenvalue weighted by atomic mass is 10.3. The van der Waals surface area contributed by atoms with Crippen LogP contribution in [-0.4, -0.2) is 6.36 Å². The molecule has 0 amide bonds. The Kier molecular flexibility index (Phi) is 3.94. The average molecular weight is 304 g/mol. The van der Waals surface area contributed by atoms with Crippen molar-refractivity contribution >= 4 is 17.3 Å². The summed E-state index contributed by atoms with van der Waals surface area (Å²) in [7, 11) is 0. The van der Waals surface area contributed by atoms with Crippen molar-refractivity contribution in [3.63, 3.8) is 0 Å². The Hall–Kier alpha value is -2.08. The van der Waals surface area contributed by atoms with Crippen molar-refractivity contribution in [2.45, 2.75) is 6.36 Å². The lowest BCUT2D eigenvalue weighted by Gasteiger charge is -2.11. The maximum absolute atomic E-state index is 12.0. The number of nitrogens with two attached hydrogens (primary N) is 1. The zero-order valence-corrected chi connectivity index (χ0v) is 10.7. The van der Waals surface area contributed by atoms with Gasteiger partial charge in [0, 0.05) is 11.8 Å². The van der Waals surface area contributed by atoms with E-state index in [0.29, 0.717) is 11.4 Å². The Bertz CT molecular complexity index is 600. The summed E-state index contributed by atoms with van der Waals surface area (Å²) in [6.45, 7) is 0. The van der Waals surface area contributed by atoms with Gasteiger partial charge in [-0.2, -0.15) is 0 Å². The van der Waals surface area contributed by atoms with Crippen molar-refractivity contribution in [3.8, 4) is 17.2 Å². The number of nitrogen functional groups attached to an aromatic ring is 1. The van der Waals surface area contributed by atoms with E-state index in [1.807, 2.05) is 0 Å². The van der Waals surface area contributed by atoms with Crippen LogP contribution in [0.2, 0.25) is 5.02 Å². The summed E-state index contributed by atoms with van der Waals surface area (Å²) >= 11 is 5.84. The first-order valence-electron chi connectivity index (χ1n) is 5.42. The second-order valence-electron chi connectivity index (χ2n) is 3.81. The van der Waals surface area contributed by atoms with Crippen molar-refractivity contribution in [1.29, 1.82) is 0 Å². The Morgan fingerprint density at radius 3 is 2.10 bits per heavy atom. The van der Waals surface area contributed by atoms with Crippen LogP contribution in [0.1, 0.15) is 0 Å². The SMILES string of the molecule is Nc1ccc(Oc2ccc(OC(F)(F)F)cc2Cl)cc1. The highest BCUT2D eigenvalue weighted by Gasteiger charge is 2.31. The minimum Gasteiger partial charge on any atom is -0.456 e. The molecule has 0 bridgehead atoms. The summed E-state index contributed by atoms with van der Waals surface area (Å²) in [6.07, 6.45) is -4.76. The Balaban J connectivity index is 2.15. The molecule has 3 nitrogen and oxygen atoms in total. The molecule has 0 aromatic heterocycles. The highest BCUT2D eigenvalue weighted by molar-refractivity contribution is 6.32. The molecule has 7 heteroatoms. The lowest BCUT2D eigenvalue weighted by Crippen LogP contribution is -2.17. The van der Waals surface area contributed by atoms with Crippen molar-refractivity contribution in [2.24, 2.45) is 0 Å². The number of benzene rings is 2. The van der Waals surface area contributed by atoms with Gasteiger partial charge in [-0.1, -0.05) is 11.6 Å². The molecule has 0 heterocycles. The summed E-state index contributed by atoms with van der Waals surface area (Å²) in [5, 5.41) is 0.00331. The molecule has 0 aliphatic carbocycles. The molecule has 2 aromatic rings. The molecule has 20 heavy (non-hydrogen) atoms. The Morgan fingerprint density at radius 2 is 1.55 bits per heavy atom. The Morgan fingerprint density at radius 1 is 0.950 bits per heavy atom. The fourth-order valence-corrected chi connectivity index (χ4v) is 1.63. The molecule has 0 radical (unpaired) electrons. The van der Waals surface area contributed by atoms with Crippen LogP contribution in [0.25, 0.3) is 0 Å². The molecule has 0 aliphatic rings. The van der Waals surface area contributed by atoms with E-state index in [1.54, 1.807) is 24.3 Å². The first kappa shape index (κ1) is 14.3. The number of rotatable bonds is 3. The number of hydrogen-bond donors (Lipinski definition) is 1. The van der Waals surface area contributed by atoms with E-state index in [9.17, 15) is 13.2 Å². The van der Waals surface area contributed by atoms with Crippen molar-refractivity contribution in [2.75, 3.05) is 5.73 Å². The summed E-state index contributed by atoms with van der Waals surface area (Å²) in [4.78, 5) is 0. The third-order valence-corrected chi connectivity index (χ3v) is 2.54. The first-order valence-corrected chi connectivity index (χ1v) is 5.80. The van der Waals surface area contributed by atoms with Crippen LogP contribution in [0.5, 0.6) is 17.2 Å². The van der Waals surface area contributed by atoms with Gasteiger partial charge in [0.2, 0.25) is 0 Å². The van der Waals surface area contributed by atoms with Crippen LogP contribution in [0, 0.1) is 0 Å². The first-order chi connectivity index (χ1) is 9.33. The van der Waals surface area contributed by atoms with Crippen LogP contribution in [-0.2, 0) is 0 Å². The number of halogens is 4. The summed E-state index contributed by atoms with van der Waals surface area (Å²) in [5.74, 6) is 0.267. The highest BCUT2D eigenvalue weighted by atomic mass is 35.5. The van der Waals surface area contributed by atoms with Crippen molar-refractivity contribution in [1.82, 2.24) is 0 Å². The summed E-state index contributed by atoms with van der Waals surface area (Å²) in [5.41, 5.74) is 6.09. The van der Waals surface area contributed by atoms with Gasteiger partial charge in [-0.25, -0.2) is 0 Å². The molecule has 0 fully saturated rings. The monoisotopic (exact) mass is 303 g/mol. The normalized spacial score (nSPS) is 11.2. The van der Waals surface area contributed by atoms with E-state index < -0.39 is 12.1 Å². The molecule has 0 aliphatic heterocycles. The molecule has 106 valence electrons. The molecule has 0 saturated carbocycles. The van der Waals surface area contributed by atoms with E-state index in [4.69, 9.17) is 22.1 Å². The van der Waals surface area contributed by atoms with Gasteiger partial charge in [-0.05, 0) is 36.4 Å². The topological polar surface area (TPSA) is 44.5 Å². The van der Waals surface area contributed by atoms with Crippen LogP contribution in [0.4, 0.5) is 18.9 Å². The predicted molar refractivity (Wildman–Crippen MR) is 69.1 cm³/mol. The predicted octanol–water partition coefficient (Wildman–Crippen LogP) is 4.61. The second-order valence-corrected chi connectivity index (χ2v) is 4.22. The van der Waals surface area contributed by atoms with E-state index >= 15 is 0 Å². The van der Waals surface area contributed by atoms with E-state index in [1.165, 1.54) is 6.07 Å². The molecule has 2 N–H and O–H groups in total. The van der Waals surface area contributed by atoms with Gasteiger partial charge in [0.25, 0.3) is 0 Å². The van der Waals surface area contributed by atoms with Gasteiger partial charge < -0.3 is 15.2 Å². The Labute approximate surface area is 117 Å². The zero-order valence-electron chi connectivity index (χ0n) is 9.95. The van der Waals surface area contributed by atoms with Gasteiger partial charge >= 0.3 is 6.36 Å². The largest absolute Gasteiger partial charge is 0.573 e. The molecular formula is C13H9ClF3NO2. The second kappa shape index (κ2) is 5.50. The van der Waals surface area contributed by atoms with Crippen LogP contribution >= 0.6 is 11.6 Å². The molecule has 0 spiro atoms. The summed E-state index contributed by atoms with van der Waals surface area (Å²) in [6, 6.07) is 9.93. The lowest BCUT2D eigenvalue weighted by molar-refractivity contribution is -0.274. The number of alkyl halides is 3. The molecule has 2 aromatic carbocycles. The molecular weight excluding hydrogens is 295 g/mol. The van der Waals surface area contributed by atoms with Crippen LogP contribution < -0.4 is 15.2 Å². The van der Waals surface area contributed by atoms with E-state index in [-0.39, 0.29) is 10.8 Å². The van der Waals surface area contributed by atoms with Crippen molar-refractivity contribution in [3.05, 3.63) is 47.5 Å². The van der Waals surface area contributed by atoms with E-state index in [0.717, 1.165) is 12.1 Å². The smallest absolute Gasteiger partial charge is 0.456 e. The number of anilines is 1. The van der Waals surface area contributed by atoms with Gasteiger partial charge in [0.05, 0.1) is 5.02 Å². The molecule has 0 saturated heterocycles. The van der Waals surface area contributed by atoms with Gasteiger partial charge in [0.15, 0.2) is 0 Å². The number of hydrogen-bond acceptors (Lipinski definition) is 3. The van der Waals surface area contributed by atoms with Gasteiger partial charge in [-0.3, -0.25) is 0 Å². The van der Waals surface area contributed by atoms with Crippen LogP contribution in [0.15, 0.2) is 42.5 Å². The molecule has 2 rings (SSSR count). The van der Waals surface area contributed by atoms with Gasteiger partial charge in [0.1, 0.15) is 17.2 Å². The minimum absolute atomic E-state index is 0.00331.